The van der Waals surface area contributed by atoms with Gasteiger partial charge in [-0.05, 0) is 59.7 Å². The highest BCUT2D eigenvalue weighted by Gasteiger charge is 2.18. The molecule has 0 fully saturated rings. The van der Waals surface area contributed by atoms with Crippen molar-refractivity contribution in [1.29, 1.82) is 0 Å². The lowest BCUT2D eigenvalue weighted by molar-refractivity contribution is -0.114. The molecule has 0 saturated carbocycles. The number of phenols is 1. The van der Waals surface area contributed by atoms with E-state index in [1.165, 1.54) is 6.92 Å². The van der Waals surface area contributed by atoms with E-state index in [2.05, 4.69) is 15.6 Å². The van der Waals surface area contributed by atoms with Gasteiger partial charge < -0.3 is 15.7 Å². The molecular weight excluding hydrogens is 414 g/mol. The summed E-state index contributed by atoms with van der Waals surface area (Å²) in [5.41, 5.74) is 3.54. The first-order chi connectivity index (χ1) is 15.9. The van der Waals surface area contributed by atoms with Crippen LogP contribution in [-0.4, -0.2) is 23.1 Å². The minimum Gasteiger partial charge on any atom is -0.506 e. The zero-order valence-corrected chi connectivity index (χ0v) is 18.3. The highest BCUT2D eigenvalue weighted by Crippen LogP contribution is 2.31. The van der Waals surface area contributed by atoms with Crippen LogP contribution < -0.4 is 10.6 Å². The number of fused-ring (bicyclic) bond motifs is 1. The second kappa shape index (κ2) is 9.36. The highest BCUT2D eigenvalue weighted by atomic mass is 16.3. The van der Waals surface area contributed by atoms with Crippen LogP contribution in [0, 0.1) is 6.92 Å². The molecular formula is C27H23N3O3. The van der Waals surface area contributed by atoms with Gasteiger partial charge in [0.15, 0.2) is 0 Å². The summed E-state index contributed by atoms with van der Waals surface area (Å²) in [7, 11) is 0. The molecule has 2 amide bonds. The number of carbonyl (C=O) groups excluding carboxylic acids is 2. The first-order valence-corrected chi connectivity index (χ1v) is 10.5. The van der Waals surface area contributed by atoms with Gasteiger partial charge in [-0.2, -0.15) is 0 Å². The number of hydrogen-bond donors (Lipinski definition) is 3. The molecule has 0 atom stereocenters. The topological polar surface area (TPSA) is 90.8 Å². The molecule has 0 unspecified atom stereocenters. The van der Waals surface area contributed by atoms with Gasteiger partial charge in [-0.25, -0.2) is 0 Å². The minimum absolute atomic E-state index is 0.140. The maximum absolute atomic E-state index is 13.0. The number of aryl methyl sites for hydroxylation is 1. The van der Waals surface area contributed by atoms with E-state index in [0.717, 1.165) is 16.3 Å². The molecule has 6 heteroatoms. The maximum Gasteiger partial charge on any atom is 0.259 e. The first-order valence-electron chi connectivity index (χ1n) is 10.5. The number of amides is 2. The summed E-state index contributed by atoms with van der Waals surface area (Å²) in [6.45, 7) is 3.35. The SMILES string of the molecule is CC(=O)Nc1ccc(N=Cc2c(O)c(C(=O)Nc3ccccc3C)cc3ccccc23)cc1. The molecule has 0 aliphatic rings. The highest BCUT2D eigenvalue weighted by molar-refractivity contribution is 6.13. The molecule has 0 aromatic heterocycles. The number of aromatic hydroxyl groups is 1. The molecule has 0 heterocycles. The van der Waals surface area contributed by atoms with Crippen molar-refractivity contribution in [3.63, 3.8) is 0 Å². The summed E-state index contributed by atoms with van der Waals surface area (Å²) < 4.78 is 0. The third-order valence-corrected chi connectivity index (χ3v) is 5.23. The zero-order valence-electron chi connectivity index (χ0n) is 18.3. The quantitative estimate of drug-likeness (QED) is 0.344. The predicted octanol–water partition coefficient (Wildman–Crippen LogP) is 5.82. The Morgan fingerprint density at radius 1 is 0.909 bits per heavy atom. The second-order valence-corrected chi connectivity index (χ2v) is 7.66. The number of phenolic OH excluding ortho intramolecular Hbond substituents is 1. The molecule has 0 aliphatic carbocycles. The van der Waals surface area contributed by atoms with Gasteiger partial charge in [-0.15, -0.1) is 0 Å². The van der Waals surface area contributed by atoms with Crippen LogP contribution in [0.5, 0.6) is 5.75 Å². The van der Waals surface area contributed by atoms with Gasteiger partial charge >= 0.3 is 0 Å². The third-order valence-electron chi connectivity index (χ3n) is 5.23. The summed E-state index contributed by atoms with van der Waals surface area (Å²) in [5, 5.41) is 18.2. The third kappa shape index (κ3) is 4.91. The average Bonchev–Trinajstić information content (AvgIpc) is 2.80. The Bertz CT molecular complexity index is 1380. The van der Waals surface area contributed by atoms with E-state index >= 15 is 0 Å². The van der Waals surface area contributed by atoms with E-state index in [-0.39, 0.29) is 17.2 Å². The second-order valence-electron chi connectivity index (χ2n) is 7.66. The molecule has 4 aromatic carbocycles. The molecule has 0 saturated heterocycles. The van der Waals surface area contributed by atoms with Gasteiger partial charge in [0, 0.05) is 30.1 Å². The van der Waals surface area contributed by atoms with Crippen molar-refractivity contribution in [2.75, 3.05) is 10.6 Å². The van der Waals surface area contributed by atoms with E-state index in [1.807, 2.05) is 55.5 Å². The first kappa shape index (κ1) is 21.8. The van der Waals surface area contributed by atoms with Crippen LogP contribution in [-0.2, 0) is 4.79 Å². The molecule has 0 aliphatic heterocycles. The standard InChI is InChI=1S/C27H23N3O3/c1-17-7-3-6-10-25(17)30-27(33)23-15-19-8-4-5-9-22(19)24(26(23)32)16-28-20-11-13-21(14-12-20)29-18(2)31/h3-16,32H,1-2H3,(H,29,31)(H,30,33). The number of nitrogens with zero attached hydrogens (tertiary/aromatic N) is 1. The average molecular weight is 437 g/mol. The summed E-state index contributed by atoms with van der Waals surface area (Å²) in [6.07, 6.45) is 1.55. The van der Waals surface area contributed by atoms with E-state index in [4.69, 9.17) is 0 Å². The number of anilines is 2. The number of rotatable bonds is 5. The summed E-state index contributed by atoms with van der Waals surface area (Å²) in [4.78, 5) is 28.7. The Labute approximate surface area is 191 Å². The molecule has 0 radical (unpaired) electrons. The van der Waals surface area contributed by atoms with Gasteiger partial charge in [0.25, 0.3) is 5.91 Å². The van der Waals surface area contributed by atoms with Crippen molar-refractivity contribution in [3.8, 4) is 5.75 Å². The lowest BCUT2D eigenvalue weighted by Crippen LogP contribution is -2.13. The molecule has 3 N–H and O–H groups in total. The molecule has 33 heavy (non-hydrogen) atoms. The largest absolute Gasteiger partial charge is 0.506 e. The fourth-order valence-corrected chi connectivity index (χ4v) is 3.54. The monoisotopic (exact) mass is 437 g/mol. The Kier molecular flexibility index (Phi) is 6.17. The molecule has 4 rings (SSSR count). The van der Waals surface area contributed by atoms with Crippen molar-refractivity contribution >= 4 is 45.9 Å². The fraction of sp³-hybridized carbons (Fsp3) is 0.0741. The van der Waals surface area contributed by atoms with Gasteiger partial charge in [-0.3, -0.25) is 14.6 Å². The van der Waals surface area contributed by atoms with E-state index < -0.39 is 5.91 Å². The zero-order chi connectivity index (χ0) is 23.4. The number of aliphatic imine (C=N–C) groups is 1. The number of carbonyl (C=O) groups is 2. The van der Waals surface area contributed by atoms with Crippen LogP contribution in [0.1, 0.15) is 28.4 Å². The van der Waals surface area contributed by atoms with Crippen LogP contribution in [0.3, 0.4) is 0 Å². The van der Waals surface area contributed by atoms with Crippen LogP contribution in [0.15, 0.2) is 83.9 Å². The van der Waals surface area contributed by atoms with E-state index in [1.54, 1.807) is 36.5 Å². The Hall–Kier alpha value is -4.45. The predicted molar refractivity (Wildman–Crippen MR) is 133 cm³/mol. The number of para-hydroxylation sites is 1. The van der Waals surface area contributed by atoms with Crippen LogP contribution >= 0.6 is 0 Å². The van der Waals surface area contributed by atoms with Crippen LogP contribution in [0.2, 0.25) is 0 Å². The smallest absolute Gasteiger partial charge is 0.259 e. The summed E-state index contributed by atoms with van der Waals surface area (Å²) in [6, 6.07) is 23.7. The Morgan fingerprint density at radius 3 is 2.33 bits per heavy atom. The van der Waals surface area contributed by atoms with Crippen molar-refractivity contribution in [1.82, 2.24) is 0 Å². The molecule has 164 valence electrons. The fourth-order valence-electron chi connectivity index (χ4n) is 3.54. The maximum atomic E-state index is 13.0. The normalized spacial score (nSPS) is 11.0. The molecule has 6 nitrogen and oxygen atoms in total. The van der Waals surface area contributed by atoms with Gasteiger partial charge in [0.05, 0.1) is 11.3 Å². The number of nitrogens with one attached hydrogen (secondary N) is 2. The summed E-state index contributed by atoms with van der Waals surface area (Å²) in [5.74, 6) is -0.691. The van der Waals surface area contributed by atoms with Crippen LogP contribution in [0.25, 0.3) is 10.8 Å². The van der Waals surface area contributed by atoms with Crippen molar-refractivity contribution in [2.24, 2.45) is 4.99 Å². The van der Waals surface area contributed by atoms with Crippen LogP contribution in [0.4, 0.5) is 17.1 Å². The van der Waals surface area contributed by atoms with Gasteiger partial charge in [0.1, 0.15) is 5.75 Å². The Balaban J connectivity index is 1.71. The van der Waals surface area contributed by atoms with Crippen molar-refractivity contribution in [3.05, 3.63) is 95.6 Å². The van der Waals surface area contributed by atoms with Gasteiger partial charge in [0.2, 0.25) is 5.91 Å². The van der Waals surface area contributed by atoms with Crippen molar-refractivity contribution in [2.45, 2.75) is 13.8 Å². The Morgan fingerprint density at radius 2 is 1.61 bits per heavy atom. The molecule has 4 aromatic rings. The number of benzene rings is 4. The van der Waals surface area contributed by atoms with E-state index in [0.29, 0.717) is 22.6 Å². The summed E-state index contributed by atoms with van der Waals surface area (Å²) >= 11 is 0. The lowest BCUT2D eigenvalue weighted by atomic mass is 9.99. The van der Waals surface area contributed by atoms with Crippen molar-refractivity contribution < 1.29 is 14.7 Å². The lowest BCUT2D eigenvalue weighted by Gasteiger charge is -2.13. The minimum atomic E-state index is -0.401. The molecule has 0 spiro atoms. The van der Waals surface area contributed by atoms with Gasteiger partial charge in [-0.1, -0.05) is 42.5 Å². The number of hydrogen-bond acceptors (Lipinski definition) is 4. The van der Waals surface area contributed by atoms with E-state index in [9.17, 15) is 14.7 Å². The molecule has 0 bridgehead atoms.